The van der Waals surface area contributed by atoms with Gasteiger partial charge in [0.2, 0.25) is 5.79 Å². The fourth-order valence-electron chi connectivity index (χ4n) is 1.74. The van der Waals surface area contributed by atoms with Crippen molar-refractivity contribution < 1.29 is 14.2 Å². The lowest BCUT2D eigenvalue weighted by Gasteiger charge is -2.32. The minimum Gasteiger partial charge on any atom is -0.385 e. The predicted octanol–water partition coefficient (Wildman–Crippen LogP) is 3.83. The Hall–Kier alpha value is -0.360. The van der Waals surface area contributed by atoms with E-state index in [1.807, 2.05) is 13.8 Å². The van der Waals surface area contributed by atoms with Crippen molar-refractivity contribution in [2.24, 2.45) is 5.73 Å². The molecule has 0 aliphatic carbocycles. The van der Waals surface area contributed by atoms with Crippen LogP contribution in [0.5, 0.6) is 0 Å². The van der Waals surface area contributed by atoms with Crippen LogP contribution in [0.4, 0.5) is 0 Å². The van der Waals surface area contributed by atoms with E-state index in [0.717, 1.165) is 6.42 Å². The summed E-state index contributed by atoms with van der Waals surface area (Å²) >= 11 is 12.1. The Kier molecular flexibility index (Phi) is 11.0. The first kappa shape index (κ1) is 20.6. The van der Waals surface area contributed by atoms with Crippen LogP contribution in [0.3, 0.4) is 0 Å². The third-order valence-corrected chi connectivity index (χ3v) is 3.32. The first-order chi connectivity index (χ1) is 10.1. The van der Waals surface area contributed by atoms with Crippen LogP contribution in [0.1, 0.15) is 25.8 Å². The standard InChI is InChI=1S/C13H19Cl2NO3.C2H6/c1-17-6-3-7-19-13(9-16,18-2)11-5-4-10(14)8-12(11)15;1-2/h4-5,8H,3,6-7,9,16H2,1-2H3;1-2H3. The minimum absolute atomic E-state index is 0.151. The van der Waals surface area contributed by atoms with Gasteiger partial charge < -0.3 is 19.9 Å². The van der Waals surface area contributed by atoms with Crippen LogP contribution in [-0.2, 0) is 20.0 Å². The number of nitrogens with two attached hydrogens (primary N) is 1. The molecule has 0 aliphatic heterocycles. The number of benzene rings is 1. The summed E-state index contributed by atoms with van der Waals surface area (Å²) in [5, 5.41) is 1.02. The Labute approximate surface area is 137 Å². The van der Waals surface area contributed by atoms with Crippen LogP contribution >= 0.6 is 23.2 Å². The summed E-state index contributed by atoms with van der Waals surface area (Å²) in [6, 6.07) is 5.13. The van der Waals surface area contributed by atoms with Crippen molar-refractivity contribution in [3.8, 4) is 0 Å². The smallest absolute Gasteiger partial charge is 0.208 e. The average molecular weight is 338 g/mol. The molecular weight excluding hydrogens is 313 g/mol. The normalized spacial score (nSPS) is 13.3. The average Bonchev–Trinajstić information content (AvgIpc) is 2.51. The Bertz CT molecular complexity index is 399. The molecule has 1 rings (SSSR count). The van der Waals surface area contributed by atoms with E-state index >= 15 is 0 Å². The number of rotatable bonds is 8. The van der Waals surface area contributed by atoms with E-state index in [4.69, 9.17) is 43.1 Å². The van der Waals surface area contributed by atoms with Crippen LogP contribution in [0.15, 0.2) is 18.2 Å². The van der Waals surface area contributed by atoms with Crippen LogP contribution in [0.2, 0.25) is 10.0 Å². The first-order valence-electron chi connectivity index (χ1n) is 6.93. The van der Waals surface area contributed by atoms with Crippen molar-refractivity contribution in [3.63, 3.8) is 0 Å². The molecular formula is C15H25Cl2NO3. The van der Waals surface area contributed by atoms with Crippen molar-refractivity contribution in [2.45, 2.75) is 26.1 Å². The molecule has 1 unspecified atom stereocenters. The van der Waals surface area contributed by atoms with E-state index < -0.39 is 5.79 Å². The van der Waals surface area contributed by atoms with Gasteiger partial charge in [-0.25, -0.2) is 0 Å². The van der Waals surface area contributed by atoms with Gasteiger partial charge >= 0.3 is 0 Å². The molecule has 0 bridgehead atoms. The Balaban J connectivity index is 0.00000191. The maximum Gasteiger partial charge on any atom is 0.208 e. The van der Waals surface area contributed by atoms with Crippen molar-refractivity contribution >= 4 is 23.2 Å². The lowest BCUT2D eigenvalue weighted by Crippen LogP contribution is -2.40. The highest BCUT2D eigenvalue weighted by molar-refractivity contribution is 6.35. The molecule has 0 spiro atoms. The molecule has 1 aromatic carbocycles. The van der Waals surface area contributed by atoms with Crippen molar-refractivity contribution in [3.05, 3.63) is 33.8 Å². The van der Waals surface area contributed by atoms with E-state index in [0.29, 0.717) is 28.8 Å². The predicted molar refractivity (Wildman–Crippen MR) is 88.0 cm³/mol. The van der Waals surface area contributed by atoms with Crippen LogP contribution < -0.4 is 5.73 Å². The van der Waals surface area contributed by atoms with Gasteiger partial charge in [0.25, 0.3) is 0 Å². The number of hydrogen-bond donors (Lipinski definition) is 1. The molecule has 0 radical (unpaired) electrons. The van der Waals surface area contributed by atoms with Gasteiger partial charge in [-0.1, -0.05) is 43.1 Å². The molecule has 2 N–H and O–H groups in total. The monoisotopic (exact) mass is 337 g/mol. The van der Waals surface area contributed by atoms with E-state index in [9.17, 15) is 0 Å². The van der Waals surface area contributed by atoms with Gasteiger partial charge in [0.15, 0.2) is 0 Å². The van der Waals surface area contributed by atoms with Crippen LogP contribution in [0, 0.1) is 0 Å². The lowest BCUT2D eigenvalue weighted by molar-refractivity contribution is -0.226. The van der Waals surface area contributed by atoms with Crippen molar-refractivity contribution in [1.29, 1.82) is 0 Å². The molecule has 0 aliphatic rings. The fourth-order valence-corrected chi connectivity index (χ4v) is 2.29. The van der Waals surface area contributed by atoms with Gasteiger partial charge in [-0.2, -0.15) is 0 Å². The molecule has 0 fully saturated rings. The summed E-state index contributed by atoms with van der Waals surface area (Å²) in [7, 11) is 3.18. The van der Waals surface area contributed by atoms with E-state index in [-0.39, 0.29) is 6.54 Å². The maximum atomic E-state index is 6.19. The zero-order valence-corrected chi connectivity index (χ0v) is 14.6. The Morgan fingerprint density at radius 1 is 1.14 bits per heavy atom. The molecule has 0 amide bonds. The second-order valence-corrected chi connectivity index (χ2v) is 4.82. The molecule has 1 atom stereocenters. The molecule has 122 valence electrons. The second-order valence-electron chi connectivity index (χ2n) is 3.98. The summed E-state index contributed by atoms with van der Waals surface area (Å²) < 4.78 is 16.2. The SMILES string of the molecule is CC.COCCCOC(CN)(OC)c1ccc(Cl)cc1Cl. The summed E-state index contributed by atoms with van der Waals surface area (Å²) in [4.78, 5) is 0. The summed E-state index contributed by atoms with van der Waals surface area (Å²) in [6.07, 6.45) is 0.743. The molecule has 0 saturated heterocycles. The minimum atomic E-state index is -1.06. The highest BCUT2D eigenvalue weighted by Crippen LogP contribution is 2.33. The van der Waals surface area contributed by atoms with Gasteiger partial charge in [-0.3, -0.25) is 0 Å². The Morgan fingerprint density at radius 3 is 2.29 bits per heavy atom. The van der Waals surface area contributed by atoms with Crippen molar-refractivity contribution in [1.82, 2.24) is 0 Å². The number of ether oxygens (including phenoxy) is 3. The quantitative estimate of drug-likeness (QED) is 0.578. The van der Waals surface area contributed by atoms with E-state index in [1.54, 1.807) is 25.3 Å². The molecule has 21 heavy (non-hydrogen) atoms. The third kappa shape index (κ3) is 6.10. The van der Waals surface area contributed by atoms with Gasteiger partial charge in [-0.15, -0.1) is 0 Å². The highest BCUT2D eigenvalue weighted by atomic mass is 35.5. The molecule has 0 saturated carbocycles. The van der Waals surface area contributed by atoms with Gasteiger partial charge in [0.05, 0.1) is 18.2 Å². The molecule has 6 heteroatoms. The fraction of sp³-hybridized carbons (Fsp3) is 0.600. The maximum absolute atomic E-state index is 6.19. The molecule has 4 nitrogen and oxygen atoms in total. The lowest BCUT2D eigenvalue weighted by atomic mass is 10.1. The van der Waals surface area contributed by atoms with Gasteiger partial charge in [-0.05, 0) is 18.6 Å². The third-order valence-electron chi connectivity index (χ3n) is 2.77. The summed E-state index contributed by atoms with van der Waals surface area (Å²) in [6.45, 7) is 5.22. The highest BCUT2D eigenvalue weighted by Gasteiger charge is 2.33. The second kappa shape index (κ2) is 11.2. The zero-order chi connectivity index (χ0) is 16.3. The Morgan fingerprint density at radius 2 is 1.81 bits per heavy atom. The molecule has 0 aromatic heterocycles. The van der Waals surface area contributed by atoms with Crippen LogP contribution in [0.25, 0.3) is 0 Å². The van der Waals surface area contributed by atoms with Crippen LogP contribution in [-0.4, -0.2) is 34.0 Å². The summed E-state index contributed by atoms with van der Waals surface area (Å²) in [5.74, 6) is -1.06. The van der Waals surface area contributed by atoms with E-state index in [2.05, 4.69) is 0 Å². The van der Waals surface area contributed by atoms with Gasteiger partial charge in [0.1, 0.15) is 0 Å². The van der Waals surface area contributed by atoms with E-state index in [1.165, 1.54) is 7.11 Å². The number of halogens is 2. The van der Waals surface area contributed by atoms with Gasteiger partial charge in [0, 0.05) is 31.4 Å². The topological polar surface area (TPSA) is 53.7 Å². The molecule has 0 heterocycles. The molecule has 1 aromatic rings. The van der Waals surface area contributed by atoms with Crippen molar-refractivity contribution in [2.75, 3.05) is 34.0 Å². The number of methoxy groups -OCH3 is 2. The summed E-state index contributed by atoms with van der Waals surface area (Å²) in [5.41, 5.74) is 6.47. The largest absolute Gasteiger partial charge is 0.385 e. The number of hydrogen-bond acceptors (Lipinski definition) is 4. The first-order valence-corrected chi connectivity index (χ1v) is 7.69. The zero-order valence-electron chi connectivity index (χ0n) is 13.1.